The minimum atomic E-state index is 0.310. The SMILES string of the molecule is CCCNC(CC1CCCC1)C1CCOC2(CCC2)C1. The molecule has 2 unspecified atom stereocenters. The second kappa shape index (κ2) is 6.79. The van der Waals surface area contributed by atoms with E-state index in [2.05, 4.69) is 12.2 Å². The van der Waals surface area contributed by atoms with Gasteiger partial charge < -0.3 is 10.1 Å². The van der Waals surface area contributed by atoms with Crippen molar-refractivity contribution in [3.05, 3.63) is 0 Å². The van der Waals surface area contributed by atoms with Crippen molar-refractivity contribution < 1.29 is 4.74 Å². The maximum absolute atomic E-state index is 6.13. The van der Waals surface area contributed by atoms with E-state index in [1.165, 1.54) is 77.2 Å². The van der Waals surface area contributed by atoms with Crippen LogP contribution in [0.3, 0.4) is 0 Å². The highest BCUT2D eigenvalue weighted by molar-refractivity contribution is 4.97. The largest absolute Gasteiger partial charge is 0.375 e. The Kier molecular flexibility index (Phi) is 5.04. The second-order valence-electron chi connectivity index (χ2n) is 7.58. The molecule has 0 radical (unpaired) electrons. The summed E-state index contributed by atoms with van der Waals surface area (Å²) in [5.74, 6) is 1.88. The molecule has 0 bridgehead atoms. The lowest BCUT2D eigenvalue weighted by atomic mass is 9.69. The summed E-state index contributed by atoms with van der Waals surface area (Å²) in [6.45, 7) is 4.50. The van der Waals surface area contributed by atoms with Crippen molar-refractivity contribution in [1.82, 2.24) is 5.32 Å². The van der Waals surface area contributed by atoms with Gasteiger partial charge in [0.15, 0.2) is 0 Å². The number of rotatable bonds is 6. The van der Waals surface area contributed by atoms with E-state index in [9.17, 15) is 0 Å². The third-order valence-electron chi connectivity index (χ3n) is 6.08. The van der Waals surface area contributed by atoms with Gasteiger partial charge in [0.2, 0.25) is 0 Å². The van der Waals surface area contributed by atoms with Crippen molar-refractivity contribution in [3.63, 3.8) is 0 Å². The molecule has 0 amide bonds. The molecule has 1 spiro atoms. The quantitative estimate of drug-likeness (QED) is 0.783. The summed E-state index contributed by atoms with van der Waals surface area (Å²) in [5, 5.41) is 3.90. The van der Waals surface area contributed by atoms with Crippen LogP contribution in [0.1, 0.15) is 77.6 Å². The lowest BCUT2D eigenvalue weighted by Crippen LogP contribution is -2.50. The molecule has 2 saturated carbocycles. The summed E-state index contributed by atoms with van der Waals surface area (Å²) in [7, 11) is 0. The molecule has 2 atom stereocenters. The van der Waals surface area contributed by atoms with Gasteiger partial charge in [-0.25, -0.2) is 0 Å². The van der Waals surface area contributed by atoms with Crippen LogP contribution in [-0.4, -0.2) is 24.8 Å². The summed E-state index contributed by atoms with van der Waals surface area (Å²) in [6, 6.07) is 0.763. The zero-order valence-electron chi connectivity index (χ0n) is 13.3. The topological polar surface area (TPSA) is 21.3 Å². The Balaban J connectivity index is 1.57. The Labute approximate surface area is 125 Å². The van der Waals surface area contributed by atoms with Gasteiger partial charge in [-0.15, -0.1) is 0 Å². The minimum Gasteiger partial charge on any atom is -0.375 e. The molecule has 3 aliphatic rings. The van der Waals surface area contributed by atoms with E-state index in [4.69, 9.17) is 4.74 Å². The summed E-state index contributed by atoms with van der Waals surface area (Å²) < 4.78 is 6.13. The zero-order chi connectivity index (χ0) is 13.8. The minimum absolute atomic E-state index is 0.310. The second-order valence-corrected chi connectivity index (χ2v) is 7.58. The molecule has 3 fully saturated rings. The predicted octanol–water partition coefficient (Wildman–Crippen LogP) is 4.28. The molecular weight excluding hydrogens is 246 g/mol. The first kappa shape index (κ1) is 14.8. The fourth-order valence-corrected chi connectivity index (χ4v) is 4.71. The zero-order valence-corrected chi connectivity index (χ0v) is 13.3. The van der Waals surface area contributed by atoms with Crippen LogP contribution in [0.25, 0.3) is 0 Å². The van der Waals surface area contributed by atoms with Crippen molar-refractivity contribution >= 4 is 0 Å². The monoisotopic (exact) mass is 279 g/mol. The molecule has 1 N–H and O–H groups in total. The van der Waals surface area contributed by atoms with Gasteiger partial charge in [-0.1, -0.05) is 32.6 Å². The Morgan fingerprint density at radius 1 is 1.15 bits per heavy atom. The maximum Gasteiger partial charge on any atom is 0.0685 e. The van der Waals surface area contributed by atoms with Crippen molar-refractivity contribution in [1.29, 1.82) is 0 Å². The van der Waals surface area contributed by atoms with Gasteiger partial charge in [-0.05, 0) is 63.3 Å². The highest BCUT2D eigenvalue weighted by Crippen LogP contribution is 2.46. The lowest BCUT2D eigenvalue weighted by molar-refractivity contribution is -0.147. The number of nitrogens with one attached hydrogen (secondary N) is 1. The highest BCUT2D eigenvalue weighted by atomic mass is 16.5. The van der Waals surface area contributed by atoms with Crippen LogP contribution in [0.4, 0.5) is 0 Å². The fraction of sp³-hybridized carbons (Fsp3) is 1.00. The first-order valence-corrected chi connectivity index (χ1v) is 9.19. The van der Waals surface area contributed by atoms with E-state index >= 15 is 0 Å². The van der Waals surface area contributed by atoms with Crippen LogP contribution >= 0.6 is 0 Å². The average molecular weight is 279 g/mol. The molecule has 2 nitrogen and oxygen atoms in total. The summed E-state index contributed by atoms with van der Waals surface area (Å²) in [5.41, 5.74) is 0.310. The first-order valence-electron chi connectivity index (χ1n) is 9.19. The molecule has 1 heterocycles. The molecule has 0 aromatic carbocycles. The molecule has 3 rings (SSSR count). The number of hydrogen-bond acceptors (Lipinski definition) is 2. The van der Waals surface area contributed by atoms with Gasteiger partial charge in [0.05, 0.1) is 5.60 Å². The normalized spacial score (nSPS) is 31.4. The van der Waals surface area contributed by atoms with Crippen molar-refractivity contribution in [2.45, 2.75) is 89.2 Å². The van der Waals surface area contributed by atoms with Gasteiger partial charge in [0.25, 0.3) is 0 Å². The smallest absolute Gasteiger partial charge is 0.0685 e. The van der Waals surface area contributed by atoms with Crippen molar-refractivity contribution in [2.24, 2.45) is 11.8 Å². The van der Waals surface area contributed by atoms with Crippen LogP contribution in [0.5, 0.6) is 0 Å². The van der Waals surface area contributed by atoms with E-state index in [1.807, 2.05) is 0 Å². The van der Waals surface area contributed by atoms with E-state index in [1.54, 1.807) is 0 Å². The first-order chi connectivity index (χ1) is 9.81. The molecule has 0 aromatic rings. The van der Waals surface area contributed by atoms with Crippen LogP contribution in [-0.2, 0) is 4.74 Å². The van der Waals surface area contributed by atoms with Gasteiger partial charge in [0.1, 0.15) is 0 Å². The van der Waals surface area contributed by atoms with Crippen LogP contribution < -0.4 is 5.32 Å². The maximum atomic E-state index is 6.13. The molecule has 1 aliphatic heterocycles. The Bertz CT molecular complexity index is 294. The highest BCUT2D eigenvalue weighted by Gasteiger charge is 2.44. The van der Waals surface area contributed by atoms with Crippen molar-refractivity contribution in [3.8, 4) is 0 Å². The van der Waals surface area contributed by atoms with E-state index in [-0.39, 0.29) is 0 Å². The molecule has 116 valence electrons. The van der Waals surface area contributed by atoms with E-state index < -0.39 is 0 Å². The fourth-order valence-electron chi connectivity index (χ4n) is 4.71. The Morgan fingerprint density at radius 2 is 1.95 bits per heavy atom. The Morgan fingerprint density at radius 3 is 2.60 bits per heavy atom. The average Bonchev–Trinajstić information content (AvgIpc) is 2.95. The Hall–Kier alpha value is -0.0800. The molecular formula is C18H33NO. The molecule has 2 aliphatic carbocycles. The van der Waals surface area contributed by atoms with E-state index in [0.717, 1.165) is 24.5 Å². The van der Waals surface area contributed by atoms with Gasteiger partial charge in [-0.2, -0.15) is 0 Å². The molecule has 1 saturated heterocycles. The molecule has 2 heteroatoms. The number of ether oxygens (including phenoxy) is 1. The van der Waals surface area contributed by atoms with Crippen LogP contribution in [0.2, 0.25) is 0 Å². The standard InChI is InChI=1S/C18H33NO/c1-2-11-19-17(13-15-6-3-4-7-15)16-8-12-20-18(14-16)9-5-10-18/h15-17,19H,2-14H2,1H3. The predicted molar refractivity (Wildman–Crippen MR) is 83.9 cm³/mol. The molecule has 0 aromatic heterocycles. The third kappa shape index (κ3) is 3.39. The van der Waals surface area contributed by atoms with Crippen LogP contribution in [0, 0.1) is 11.8 Å². The number of hydrogen-bond donors (Lipinski definition) is 1. The summed E-state index contributed by atoms with van der Waals surface area (Å²) >= 11 is 0. The molecule has 20 heavy (non-hydrogen) atoms. The summed E-state index contributed by atoms with van der Waals surface area (Å²) in [4.78, 5) is 0. The van der Waals surface area contributed by atoms with Gasteiger partial charge >= 0.3 is 0 Å². The van der Waals surface area contributed by atoms with Crippen molar-refractivity contribution in [2.75, 3.05) is 13.2 Å². The lowest BCUT2D eigenvalue weighted by Gasteiger charge is -2.49. The third-order valence-corrected chi connectivity index (χ3v) is 6.08. The van der Waals surface area contributed by atoms with Gasteiger partial charge in [0, 0.05) is 12.6 Å². The van der Waals surface area contributed by atoms with E-state index in [0.29, 0.717) is 5.60 Å². The van der Waals surface area contributed by atoms with Gasteiger partial charge in [-0.3, -0.25) is 0 Å². The van der Waals surface area contributed by atoms with Crippen LogP contribution in [0.15, 0.2) is 0 Å². The summed E-state index contributed by atoms with van der Waals surface area (Å²) in [6.07, 6.45) is 15.3.